The van der Waals surface area contributed by atoms with E-state index in [2.05, 4.69) is 27.4 Å². The number of rotatable bonds is 6. The van der Waals surface area contributed by atoms with E-state index in [-0.39, 0.29) is 5.82 Å². The van der Waals surface area contributed by atoms with Crippen LogP contribution in [0.15, 0.2) is 23.2 Å². The standard InChI is InChI=1S/C18H29FN4/c1-4-23-11-5-6-17(23)13-22-18(20-3)21-10-9-15-7-8-16(19)12-14(15)2/h7-8,12,17H,4-6,9-11,13H2,1-3H3,(H2,20,21,22). The van der Waals surface area contributed by atoms with Crippen LogP contribution in [-0.4, -0.2) is 50.1 Å². The van der Waals surface area contributed by atoms with Crippen LogP contribution in [0.3, 0.4) is 0 Å². The number of benzene rings is 1. The molecule has 2 rings (SSSR count). The topological polar surface area (TPSA) is 39.7 Å². The first-order valence-corrected chi connectivity index (χ1v) is 8.57. The molecular formula is C18H29FN4. The van der Waals surface area contributed by atoms with E-state index >= 15 is 0 Å². The summed E-state index contributed by atoms with van der Waals surface area (Å²) in [6, 6.07) is 5.58. The molecule has 1 heterocycles. The fourth-order valence-electron chi connectivity index (χ4n) is 3.23. The zero-order valence-corrected chi connectivity index (χ0v) is 14.5. The molecule has 0 radical (unpaired) electrons. The van der Waals surface area contributed by atoms with Crippen molar-refractivity contribution in [3.63, 3.8) is 0 Å². The minimum atomic E-state index is -0.172. The number of nitrogens with zero attached hydrogens (tertiary/aromatic N) is 2. The van der Waals surface area contributed by atoms with Gasteiger partial charge < -0.3 is 10.6 Å². The van der Waals surface area contributed by atoms with Crippen molar-refractivity contribution in [2.75, 3.05) is 33.2 Å². The van der Waals surface area contributed by atoms with Crippen LogP contribution in [0.5, 0.6) is 0 Å². The number of likely N-dealkylation sites (N-methyl/N-ethyl adjacent to an activating group) is 1. The minimum Gasteiger partial charge on any atom is -0.356 e. The summed E-state index contributed by atoms with van der Waals surface area (Å²) in [7, 11) is 1.80. The van der Waals surface area contributed by atoms with Gasteiger partial charge in [0.05, 0.1) is 0 Å². The van der Waals surface area contributed by atoms with E-state index in [1.165, 1.54) is 31.0 Å². The van der Waals surface area contributed by atoms with Crippen LogP contribution in [0.25, 0.3) is 0 Å². The van der Waals surface area contributed by atoms with Crippen LogP contribution >= 0.6 is 0 Å². The predicted molar refractivity (Wildman–Crippen MR) is 94.5 cm³/mol. The van der Waals surface area contributed by atoms with Crippen LogP contribution in [0.4, 0.5) is 4.39 Å². The molecule has 0 aliphatic carbocycles. The summed E-state index contributed by atoms with van der Waals surface area (Å²) in [5, 5.41) is 6.77. The van der Waals surface area contributed by atoms with Gasteiger partial charge in [-0.25, -0.2) is 4.39 Å². The van der Waals surface area contributed by atoms with Gasteiger partial charge in [-0.1, -0.05) is 13.0 Å². The summed E-state index contributed by atoms with van der Waals surface area (Å²) in [5.41, 5.74) is 2.17. The Morgan fingerprint density at radius 3 is 2.91 bits per heavy atom. The van der Waals surface area contributed by atoms with Gasteiger partial charge >= 0.3 is 0 Å². The number of halogens is 1. The van der Waals surface area contributed by atoms with Crippen molar-refractivity contribution < 1.29 is 4.39 Å². The second kappa shape index (κ2) is 8.87. The zero-order chi connectivity index (χ0) is 16.7. The van der Waals surface area contributed by atoms with E-state index < -0.39 is 0 Å². The van der Waals surface area contributed by atoms with E-state index in [0.29, 0.717) is 6.04 Å². The molecule has 5 heteroatoms. The predicted octanol–water partition coefficient (Wildman–Crippen LogP) is 2.33. The van der Waals surface area contributed by atoms with Crippen molar-refractivity contribution in [1.29, 1.82) is 0 Å². The van der Waals surface area contributed by atoms with Crippen LogP contribution in [0, 0.1) is 12.7 Å². The third kappa shape index (κ3) is 5.20. The van der Waals surface area contributed by atoms with E-state index in [1.54, 1.807) is 13.1 Å². The fourth-order valence-corrected chi connectivity index (χ4v) is 3.23. The molecule has 4 nitrogen and oxygen atoms in total. The second-order valence-corrected chi connectivity index (χ2v) is 6.13. The molecule has 1 atom stereocenters. The van der Waals surface area contributed by atoms with Crippen molar-refractivity contribution in [1.82, 2.24) is 15.5 Å². The van der Waals surface area contributed by atoms with Crippen molar-refractivity contribution in [2.45, 2.75) is 39.2 Å². The number of guanidine groups is 1. The molecule has 0 aromatic heterocycles. The van der Waals surface area contributed by atoms with Crippen LogP contribution < -0.4 is 10.6 Å². The third-order valence-corrected chi connectivity index (χ3v) is 4.63. The first-order chi connectivity index (χ1) is 11.1. The monoisotopic (exact) mass is 320 g/mol. The normalized spacial score (nSPS) is 19.1. The average molecular weight is 320 g/mol. The highest BCUT2D eigenvalue weighted by molar-refractivity contribution is 5.79. The molecule has 0 amide bonds. The van der Waals surface area contributed by atoms with Crippen molar-refractivity contribution in [3.8, 4) is 0 Å². The highest BCUT2D eigenvalue weighted by Crippen LogP contribution is 2.15. The van der Waals surface area contributed by atoms with Crippen LogP contribution in [0.1, 0.15) is 30.9 Å². The first-order valence-electron chi connectivity index (χ1n) is 8.57. The molecule has 128 valence electrons. The quantitative estimate of drug-likeness (QED) is 0.624. The largest absolute Gasteiger partial charge is 0.356 e. The molecular weight excluding hydrogens is 291 g/mol. The molecule has 0 bridgehead atoms. The van der Waals surface area contributed by atoms with E-state index in [4.69, 9.17) is 0 Å². The number of likely N-dealkylation sites (tertiary alicyclic amines) is 1. The third-order valence-electron chi connectivity index (χ3n) is 4.63. The Morgan fingerprint density at radius 2 is 2.22 bits per heavy atom. The van der Waals surface area contributed by atoms with Crippen molar-refractivity contribution >= 4 is 5.96 Å². The summed E-state index contributed by atoms with van der Waals surface area (Å²) in [4.78, 5) is 6.80. The van der Waals surface area contributed by atoms with Gasteiger partial charge in [-0.2, -0.15) is 0 Å². The molecule has 1 fully saturated rings. The molecule has 23 heavy (non-hydrogen) atoms. The molecule has 1 aromatic rings. The van der Waals surface area contributed by atoms with Gasteiger partial charge in [0.15, 0.2) is 5.96 Å². The van der Waals surface area contributed by atoms with E-state index in [1.807, 2.05) is 13.0 Å². The number of aliphatic imine (C=N–C) groups is 1. The first kappa shape index (κ1) is 17.7. The lowest BCUT2D eigenvalue weighted by molar-refractivity contribution is 0.267. The summed E-state index contributed by atoms with van der Waals surface area (Å²) >= 11 is 0. The summed E-state index contributed by atoms with van der Waals surface area (Å²) in [6.07, 6.45) is 3.40. The second-order valence-electron chi connectivity index (χ2n) is 6.13. The highest BCUT2D eigenvalue weighted by Gasteiger charge is 2.22. The number of hydrogen-bond donors (Lipinski definition) is 2. The Balaban J connectivity index is 1.74. The molecule has 0 saturated carbocycles. The van der Waals surface area contributed by atoms with Crippen LogP contribution in [0.2, 0.25) is 0 Å². The van der Waals surface area contributed by atoms with Gasteiger partial charge in [0.2, 0.25) is 0 Å². The maximum atomic E-state index is 13.1. The van der Waals surface area contributed by atoms with E-state index in [9.17, 15) is 4.39 Å². The Hall–Kier alpha value is -1.62. The number of hydrogen-bond acceptors (Lipinski definition) is 2. The number of aryl methyl sites for hydroxylation is 1. The molecule has 0 spiro atoms. The summed E-state index contributed by atoms with van der Waals surface area (Å²) in [5.74, 6) is 0.668. The molecule has 1 unspecified atom stereocenters. The Kier molecular flexibility index (Phi) is 6.84. The van der Waals surface area contributed by atoms with Gasteiger partial charge in [-0.05, 0) is 62.5 Å². The zero-order valence-electron chi connectivity index (χ0n) is 14.5. The van der Waals surface area contributed by atoms with Gasteiger partial charge in [0, 0.05) is 26.2 Å². The smallest absolute Gasteiger partial charge is 0.191 e. The summed E-state index contributed by atoms with van der Waals surface area (Å²) in [6.45, 7) is 8.21. The maximum Gasteiger partial charge on any atom is 0.191 e. The minimum absolute atomic E-state index is 0.172. The van der Waals surface area contributed by atoms with Gasteiger partial charge in [-0.15, -0.1) is 0 Å². The van der Waals surface area contributed by atoms with Gasteiger partial charge in [-0.3, -0.25) is 9.89 Å². The molecule has 1 aliphatic rings. The van der Waals surface area contributed by atoms with Gasteiger partial charge in [0.25, 0.3) is 0 Å². The molecule has 1 aliphatic heterocycles. The SMILES string of the molecule is CCN1CCCC1CNC(=NC)NCCc1ccc(F)cc1C. The van der Waals surface area contributed by atoms with Crippen LogP contribution in [-0.2, 0) is 6.42 Å². The summed E-state index contributed by atoms with van der Waals surface area (Å²) < 4.78 is 13.1. The van der Waals surface area contributed by atoms with Gasteiger partial charge in [0.1, 0.15) is 5.82 Å². The van der Waals surface area contributed by atoms with Crippen molar-refractivity contribution in [3.05, 3.63) is 35.1 Å². The maximum absolute atomic E-state index is 13.1. The lowest BCUT2D eigenvalue weighted by Crippen LogP contribution is -2.45. The number of nitrogens with one attached hydrogen (secondary N) is 2. The van der Waals surface area contributed by atoms with Crippen molar-refractivity contribution in [2.24, 2.45) is 4.99 Å². The molecule has 1 saturated heterocycles. The lowest BCUT2D eigenvalue weighted by Gasteiger charge is -2.24. The Morgan fingerprint density at radius 1 is 1.39 bits per heavy atom. The molecule has 2 N–H and O–H groups in total. The average Bonchev–Trinajstić information content (AvgIpc) is 3.00. The Labute approximate surface area is 139 Å². The highest BCUT2D eigenvalue weighted by atomic mass is 19.1. The Bertz CT molecular complexity index is 530. The van der Waals surface area contributed by atoms with E-state index in [0.717, 1.165) is 37.6 Å². The molecule has 1 aromatic carbocycles. The fraction of sp³-hybridized carbons (Fsp3) is 0.611. The lowest BCUT2D eigenvalue weighted by atomic mass is 10.1.